The van der Waals surface area contributed by atoms with Crippen molar-refractivity contribution in [3.8, 4) is 0 Å². The highest BCUT2D eigenvalue weighted by atomic mass is 16.3. The van der Waals surface area contributed by atoms with E-state index in [0.29, 0.717) is 6.42 Å². The molecule has 3 atom stereocenters. The Bertz CT molecular complexity index is 300. The van der Waals surface area contributed by atoms with Gasteiger partial charge in [-0.2, -0.15) is 0 Å². The van der Waals surface area contributed by atoms with Gasteiger partial charge in [-0.15, -0.1) is 0 Å². The van der Waals surface area contributed by atoms with Crippen LogP contribution in [0.15, 0.2) is 24.4 Å². The van der Waals surface area contributed by atoms with Crippen LogP contribution in [0.25, 0.3) is 0 Å². The van der Waals surface area contributed by atoms with Crippen LogP contribution in [-0.2, 0) is 4.79 Å². The number of aliphatic hydroxyl groups is 2. The summed E-state index contributed by atoms with van der Waals surface area (Å²) in [6, 6.07) is -0.0585. The molecule has 1 amide bonds. The van der Waals surface area contributed by atoms with Crippen LogP contribution < -0.4 is 5.32 Å². The number of nitrogens with zero attached hydrogens (tertiary/aromatic N) is 1. The summed E-state index contributed by atoms with van der Waals surface area (Å²) in [5.41, 5.74) is 0. The summed E-state index contributed by atoms with van der Waals surface area (Å²) in [6.45, 7) is 0. The molecule has 5 heteroatoms. The molecule has 0 bridgehead atoms. The highest BCUT2D eigenvalue weighted by Crippen LogP contribution is 2.19. The molecule has 0 saturated carbocycles. The first-order chi connectivity index (χ1) is 6.66. The first-order valence-corrected chi connectivity index (χ1v) is 4.47. The molecule has 0 aromatic rings. The lowest BCUT2D eigenvalue weighted by Crippen LogP contribution is -2.51. The fraction of sp³-hybridized carbons (Fsp3) is 0.444. The molecule has 0 fully saturated rings. The molecule has 1 unspecified atom stereocenters. The van der Waals surface area contributed by atoms with E-state index >= 15 is 0 Å². The lowest BCUT2D eigenvalue weighted by atomic mass is 10.2. The van der Waals surface area contributed by atoms with Gasteiger partial charge in [0.05, 0.1) is 12.1 Å². The molecular formula is C9H12N2O3. The van der Waals surface area contributed by atoms with Crippen LogP contribution >= 0.6 is 0 Å². The van der Waals surface area contributed by atoms with Crippen molar-refractivity contribution in [1.82, 2.24) is 10.2 Å². The van der Waals surface area contributed by atoms with Gasteiger partial charge in [0.1, 0.15) is 0 Å². The number of rotatable bonds is 1. The molecule has 0 aromatic heterocycles. The van der Waals surface area contributed by atoms with Crippen molar-refractivity contribution in [2.45, 2.75) is 24.9 Å². The summed E-state index contributed by atoms with van der Waals surface area (Å²) in [5, 5.41) is 21.1. The van der Waals surface area contributed by atoms with Crippen molar-refractivity contribution in [3.63, 3.8) is 0 Å². The SMILES string of the molecule is O=C1C=CN([C@H]2C=C[C@@H](O)C2)C(O)N1. The minimum Gasteiger partial charge on any atom is -0.389 e. The number of carbonyl (C=O) groups excluding carboxylic acids is 1. The van der Waals surface area contributed by atoms with Crippen molar-refractivity contribution < 1.29 is 15.0 Å². The van der Waals surface area contributed by atoms with E-state index in [1.54, 1.807) is 11.0 Å². The maximum absolute atomic E-state index is 10.8. The second kappa shape index (κ2) is 3.43. The van der Waals surface area contributed by atoms with Crippen LogP contribution in [-0.4, -0.2) is 39.5 Å². The van der Waals surface area contributed by atoms with Gasteiger partial charge in [0, 0.05) is 18.7 Å². The highest BCUT2D eigenvalue weighted by Gasteiger charge is 2.28. The molecule has 0 radical (unpaired) electrons. The van der Waals surface area contributed by atoms with E-state index in [9.17, 15) is 15.0 Å². The highest BCUT2D eigenvalue weighted by molar-refractivity contribution is 5.88. The normalized spacial score (nSPS) is 36.3. The molecule has 2 aliphatic rings. The van der Waals surface area contributed by atoms with Gasteiger partial charge in [0.2, 0.25) is 12.3 Å². The number of amides is 1. The van der Waals surface area contributed by atoms with Crippen LogP contribution in [0.2, 0.25) is 0 Å². The van der Waals surface area contributed by atoms with E-state index in [1.165, 1.54) is 12.3 Å². The topological polar surface area (TPSA) is 72.8 Å². The molecule has 2 rings (SSSR count). The molecular weight excluding hydrogens is 184 g/mol. The summed E-state index contributed by atoms with van der Waals surface area (Å²) < 4.78 is 0. The Morgan fingerprint density at radius 2 is 2.21 bits per heavy atom. The summed E-state index contributed by atoms with van der Waals surface area (Å²) in [6.07, 6.45) is 5.46. The second-order valence-corrected chi connectivity index (χ2v) is 3.40. The van der Waals surface area contributed by atoms with Gasteiger partial charge < -0.3 is 20.4 Å². The Kier molecular flexibility index (Phi) is 2.26. The van der Waals surface area contributed by atoms with Gasteiger partial charge in [-0.3, -0.25) is 4.79 Å². The molecule has 5 nitrogen and oxygen atoms in total. The lowest BCUT2D eigenvalue weighted by Gasteiger charge is -2.33. The van der Waals surface area contributed by atoms with Crippen molar-refractivity contribution in [1.29, 1.82) is 0 Å². The minimum absolute atomic E-state index is 0.0585. The van der Waals surface area contributed by atoms with E-state index in [1.807, 2.05) is 6.08 Å². The summed E-state index contributed by atoms with van der Waals surface area (Å²) in [5.74, 6) is -0.309. The monoisotopic (exact) mass is 196 g/mol. The first-order valence-electron chi connectivity index (χ1n) is 4.47. The standard InChI is InChI=1S/C9H12N2O3/c12-7-2-1-6(5-7)11-4-3-8(13)10-9(11)14/h1-4,6-7,9,12,14H,5H2,(H,10,13)/t6-,7+,9?/m0/s1. The average molecular weight is 196 g/mol. The Morgan fingerprint density at radius 3 is 2.79 bits per heavy atom. The smallest absolute Gasteiger partial charge is 0.248 e. The number of nitrogens with one attached hydrogen (secondary N) is 1. The maximum Gasteiger partial charge on any atom is 0.248 e. The zero-order valence-electron chi connectivity index (χ0n) is 7.50. The number of hydrogen-bond donors (Lipinski definition) is 3. The average Bonchev–Trinajstić information content (AvgIpc) is 2.51. The molecule has 1 aliphatic carbocycles. The van der Waals surface area contributed by atoms with Crippen LogP contribution in [0.4, 0.5) is 0 Å². The van der Waals surface area contributed by atoms with Crippen molar-refractivity contribution in [3.05, 3.63) is 24.4 Å². The predicted octanol–water partition coefficient (Wildman–Crippen LogP) is -1.10. The number of hydrogen-bond acceptors (Lipinski definition) is 4. The fourth-order valence-corrected chi connectivity index (χ4v) is 1.66. The summed E-state index contributed by atoms with van der Waals surface area (Å²) >= 11 is 0. The minimum atomic E-state index is -1.01. The molecule has 14 heavy (non-hydrogen) atoms. The summed E-state index contributed by atoms with van der Waals surface area (Å²) in [7, 11) is 0. The van der Waals surface area contributed by atoms with E-state index in [0.717, 1.165) is 0 Å². The third-order valence-electron chi connectivity index (χ3n) is 2.37. The molecule has 1 heterocycles. The van der Waals surface area contributed by atoms with Gasteiger partial charge in [-0.05, 0) is 0 Å². The summed E-state index contributed by atoms with van der Waals surface area (Å²) in [4.78, 5) is 12.4. The van der Waals surface area contributed by atoms with E-state index in [4.69, 9.17) is 0 Å². The van der Waals surface area contributed by atoms with Crippen molar-refractivity contribution >= 4 is 5.91 Å². The van der Waals surface area contributed by atoms with Crippen LogP contribution in [0.5, 0.6) is 0 Å². The van der Waals surface area contributed by atoms with Crippen LogP contribution in [0.3, 0.4) is 0 Å². The molecule has 76 valence electrons. The number of carbonyl (C=O) groups is 1. The Labute approximate surface area is 81.3 Å². The molecule has 3 N–H and O–H groups in total. The Balaban J connectivity index is 2.08. The van der Waals surface area contributed by atoms with Gasteiger partial charge in [-0.25, -0.2) is 0 Å². The third-order valence-corrected chi connectivity index (χ3v) is 2.37. The largest absolute Gasteiger partial charge is 0.389 e. The maximum atomic E-state index is 10.8. The first kappa shape index (κ1) is 9.23. The number of aliphatic hydroxyl groups excluding tert-OH is 2. The van der Waals surface area contributed by atoms with Crippen molar-refractivity contribution in [2.24, 2.45) is 0 Å². The quantitative estimate of drug-likeness (QED) is 0.465. The van der Waals surface area contributed by atoms with E-state index in [-0.39, 0.29) is 11.9 Å². The van der Waals surface area contributed by atoms with Crippen molar-refractivity contribution in [2.75, 3.05) is 0 Å². The molecule has 0 aromatic carbocycles. The van der Waals surface area contributed by atoms with Gasteiger partial charge >= 0.3 is 0 Å². The zero-order chi connectivity index (χ0) is 10.1. The van der Waals surface area contributed by atoms with Crippen LogP contribution in [0, 0.1) is 0 Å². The lowest BCUT2D eigenvalue weighted by molar-refractivity contribution is -0.125. The molecule has 0 saturated heterocycles. The second-order valence-electron chi connectivity index (χ2n) is 3.40. The fourth-order valence-electron chi connectivity index (χ4n) is 1.66. The Morgan fingerprint density at radius 1 is 1.43 bits per heavy atom. The molecule has 0 spiro atoms. The predicted molar refractivity (Wildman–Crippen MR) is 48.7 cm³/mol. The van der Waals surface area contributed by atoms with Gasteiger partial charge in [-0.1, -0.05) is 12.2 Å². The van der Waals surface area contributed by atoms with Gasteiger partial charge in [0.15, 0.2) is 0 Å². The molecule has 1 aliphatic heterocycles. The third kappa shape index (κ3) is 1.64. The van der Waals surface area contributed by atoms with E-state index < -0.39 is 12.5 Å². The zero-order valence-corrected chi connectivity index (χ0v) is 7.50. The van der Waals surface area contributed by atoms with Gasteiger partial charge in [0.25, 0.3) is 0 Å². The Hall–Kier alpha value is -1.33. The van der Waals surface area contributed by atoms with E-state index in [2.05, 4.69) is 5.32 Å². The van der Waals surface area contributed by atoms with Crippen LogP contribution in [0.1, 0.15) is 6.42 Å².